The molecule has 0 fully saturated rings. The van der Waals surface area contributed by atoms with Crippen LogP contribution in [0.5, 0.6) is 0 Å². The first-order valence-electron chi connectivity index (χ1n) is 6.87. The summed E-state index contributed by atoms with van der Waals surface area (Å²) in [7, 11) is 0. The van der Waals surface area contributed by atoms with Crippen molar-refractivity contribution in [2.45, 2.75) is 39.7 Å². The van der Waals surface area contributed by atoms with E-state index in [2.05, 4.69) is 11.8 Å². The predicted molar refractivity (Wildman–Crippen MR) is 72.3 cm³/mol. The zero-order valence-corrected chi connectivity index (χ0v) is 11.8. The Labute approximate surface area is 106 Å². The minimum atomic E-state index is 0.316. The Morgan fingerprint density at radius 3 is 1.88 bits per heavy atom. The van der Waals surface area contributed by atoms with E-state index in [0.717, 1.165) is 58.9 Å². The van der Waals surface area contributed by atoms with Crippen LogP contribution in [-0.2, 0) is 9.47 Å². The average Bonchev–Trinajstić information content (AvgIpc) is 2.35. The van der Waals surface area contributed by atoms with Gasteiger partial charge >= 0.3 is 0 Å². The Morgan fingerprint density at radius 2 is 1.47 bits per heavy atom. The minimum Gasteiger partial charge on any atom is -0.380 e. The van der Waals surface area contributed by atoms with Gasteiger partial charge in [-0.05, 0) is 33.2 Å². The maximum atomic E-state index is 5.94. The van der Waals surface area contributed by atoms with Crippen LogP contribution in [0.3, 0.4) is 0 Å². The molecule has 4 heteroatoms. The van der Waals surface area contributed by atoms with E-state index in [-0.39, 0.29) is 0 Å². The van der Waals surface area contributed by atoms with E-state index >= 15 is 0 Å². The van der Waals surface area contributed by atoms with Gasteiger partial charge < -0.3 is 15.2 Å². The van der Waals surface area contributed by atoms with Crippen LogP contribution in [0.2, 0.25) is 0 Å². The fourth-order valence-electron chi connectivity index (χ4n) is 1.56. The number of ether oxygens (including phenoxy) is 2. The van der Waals surface area contributed by atoms with Crippen LogP contribution in [0.4, 0.5) is 0 Å². The summed E-state index contributed by atoms with van der Waals surface area (Å²) >= 11 is 0. The van der Waals surface area contributed by atoms with Crippen molar-refractivity contribution in [1.82, 2.24) is 4.90 Å². The van der Waals surface area contributed by atoms with E-state index in [1.165, 1.54) is 0 Å². The second-order valence-electron chi connectivity index (χ2n) is 4.19. The zero-order chi connectivity index (χ0) is 12.9. The third-order valence-corrected chi connectivity index (χ3v) is 2.85. The zero-order valence-electron chi connectivity index (χ0n) is 11.8. The lowest BCUT2D eigenvalue weighted by Crippen LogP contribution is -2.35. The SMILES string of the molecule is CCOCCN(CCOCC)CCC(N)CC. The molecule has 0 aromatic heterocycles. The normalized spacial score (nSPS) is 13.2. The molecule has 0 spiro atoms. The minimum absolute atomic E-state index is 0.316. The summed E-state index contributed by atoms with van der Waals surface area (Å²) in [4.78, 5) is 2.38. The molecular formula is C13H30N2O2. The quantitative estimate of drug-likeness (QED) is 0.530. The summed E-state index contributed by atoms with van der Waals surface area (Å²) in [5.74, 6) is 0. The molecule has 0 radical (unpaired) electrons. The van der Waals surface area contributed by atoms with E-state index in [1.54, 1.807) is 0 Å². The van der Waals surface area contributed by atoms with Crippen LogP contribution < -0.4 is 5.73 Å². The van der Waals surface area contributed by atoms with Crippen LogP contribution in [0.1, 0.15) is 33.6 Å². The van der Waals surface area contributed by atoms with Gasteiger partial charge in [-0.3, -0.25) is 4.90 Å². The Hall–Kier alpha value is -0.160. The van der Waals surface area contributed by atoms with E-state index < -0.39 is 0 Å². The number of rotatable bonds is 12. The average molecular weight is 246 g/mol. The molecule has 1 unspecified atom stereocenters. The molecule has 0 rings (SSSR count). The molecule has 0 amide bonds. The molecule has 0 bridgehead atoms. The standard InChI is InChI=1S/C13H30N2O2/c1-4-13(14)7-8-15(9-11-16-5-2)10-12-17-6-3/h13H,4-12,14H2,1-3H3. The lowest BCUT2D eigenvalue weighted by atomic mass is 10.1. The highest BCUT2D eigenvalue weighted by Crippen LogP contribution is 1.98. The molecule has 0 aliphatic heterocycles. The van der Waals surface area contributed by atoms with Gasteiger partial charge in [0.15, 0.2) is 0 Å². The van der Waals surface area contributed by atoms with E-state index in [4.69, 9.17) is 15.2 Å². The maximum absolute atomic E-state index is 5.94. The van der Waals surface area contributed by atoms with Crippen molar-refractivity contribution in [1.29, 1.82) is 0 Å². The summed E-state index contributed by atoms with van der Waals surface area (Å²) in [6.45, 7) is 12.3. The van der Waals surface area contributed by atoms with Crippen molar-refractivity contribution in [3.63, 3.8) is 0 Å². The van der Waals surface area contributed by atoms with E-state index in [1.807, 2.05) is 13.8 Å². The van der Waals surface area contributed by atoms with Crippen molar-refractivity contribution in [2.75, 3.05) is 46.1 Å². The molecule has 0 aromatic rings. The van der Waals surface area contributed by atoms with Gasteiger partial charge in [0.25, 0.3) is 0 Å². The number of nitrogens with zero attached hydrogens (tertiary/aromatic N) is 1. The molecule has 2 N–H and O–H groups in total. The molecule has 0 aromatic carbocycles. The molecule has 0 heterocycles. The van der Waals surface area contributed by atoms with Crippen LogP contribution in [-0.4, -0.2) is 57.0 Å². The van der Waals surface area contributed by atoms with Crippen LogP contribution >= 0.6 is 0 Å². The third-order valence-electron chi connectivity index (χ3n) is 2.85. The van der Waals surface area contributed by atoms with E-state index in [0.29, 0.717) is 6.04 Å². The van der Waals surface area contributed by atoms with Gasteiger partial charge in [-0.1, -0.05) is 6.92 Å². The summed E-state index contributed by atoms with van der Waals surface area (Å²) in [5.41, 5.74) is 5.94. The van der Waals surface area contributed by atoms with Crippen molar-refractivity contribution < 1.29 is 9.47 Å². The fourth-order valence-corrected chi connectivity index (χ4v) is 1.56. The first kappa shape index (κ1) is 16.8. The molecule has 0 saturated heterocycles. The number of hydrogen-bond acceptors (Lipinski definition) is 4. The highest BCUT2D eigenvalue weighted by Gasteiger charge is 2.07. The van der Waals surface area contributed by atoms with Gasteiger partial charge in [0, 0.05) is 32.3 Å². The number of hydrogen-bond donors (Lipinski definition) is 1. The van der Waals surface area contributed by atoms with E-state index in [9.17, 15) is 0 Å². The smallest absolute Gasteiger partial charge is 0.0593 e. The van der Waals surface area contributed by atoms with Crippen molar-refractivity contribution in [2.24, 2.45) is 5.73 Å². The van der Waals surface area contributed by atoms with Crippen molar-refractivity contribution in [3.05, 3.63) is 0 Å². The Balaban J connectivity index is 3.75. The van der Waals surface area contributed by atoms with Gasteiger partial charge in [0.05, 0.1) is 13.2 Å². The fraction of sp³-hybridized carbons (Fsp3) is 1.00. The molecule has 0 saturated carbocycles. The Kier molecular flexibility index (Phi) is 12.2. The number of nitrogens with two attached hydrogens (primary N) is 1. The first-order chi connectivity index (χ1) is 8.24. The monoisotopic (exact) mass is 246 g/mol. The lowest BCUT2D eigenvalue weighted by Gasteiger charge is -2.23. The van der Waals surface area contributed by atoms with Gasteiger partial charge in [0.1, 0.15) is 0 Å². The molecule has 0 aliphatic rings. The van der Waals surface area contributed by atoms with Crippen LogP contribution in [0, 0.1) is 0 Å². The molecule has 104 valence electrons. The first-order valence-corrected chi connectivity index (χ1v) is 6.87. The highest BCUT2D eigenvalue weighted by molar-refractivity contribution is 4.64. The Bertz CT molecular complexity index is 146. The second-order valence-corrected chi connectivity index (χ2v) is 4.19. The predicted octanol–water partition coefficient (Wildman–Crippen LogP) is 1.49. The summed E-state index contributed by atoms with van der Waals surface area (Å²) in [5, 5.41) is 0. The topological polar surface area (TPSA) is 47.7 Å². The van der Waals surface area contributed by atoms with Gasteiger partial charge in [-0.25, -0.2) is 0 Å². The van der Waals surface area contributed by atoms with Crippen LogP contribution in [0.25, 0.3) is 0 Å². The molecule has 1 atom stereocenters. The summed E-state index contributed by atoms with van der Waals surface area (Å²) in [6.07, 6.45) is 2.10. The maximum Gasteiger partial charge on any atom is 0.0593 e. The third kappa shape index (κ3) is 10.7. The van der Waals surface area contributed by atoms with Gasteiger partial charge in [0.2, 0.25) is 0 Å². The van der Waals surface area contributed by atoms with Gasteiger partial charge in [-0.15, -0.1) is 0 Å². The largest absolute Gasteiger partial charge is 0.380 e. The van der Waals surface area contributed by atoms with Crippen LogP contribution in [0.15, 0.2) is 0 Å². The molecule has 4 nitrogen and oxygen atoms in total. The van der Waals surface area contributed by atoms with Crippen molar-refractivity contribution >= 4 is 0 Å². The highest BCUT2D eigenvalue weighted by atomic mass is 16.5. The van der Waals surface area contributed by atoms with Crippen molar-refractivity contribution in [3.8, 4) is 0 Å². The molecule has 17 heavy (non-hydrogen) atoms. The summed E-state index contributed by atoms with van der Waals surface area (Å²) in [6, 6.07) is 0.316. The summed E-state index contributed by atoms with van der Waals surface area (Å²) < 4.78 is 10.8. The molecule has 0 aliphatic carbocycles. The second kappa shape index (κ2) is 12.3. The lowest BCUT2D eigenvalue weighted by molar-refractivity contribution is 0.0814. The van der Waals surface area contributed by atoms with Gasteiger partial charge in [-0.2, -0.15) is 0 Å². The molecular weight excluding hydrogens is 216 g/mol. The Morgan fingerprint density at radius 1 is 0.941 bits per heavy atom.